The predicted octanol–water partition coefficient (Wildman–Crippen LogP) is 5.69. The number of rotatable bonds is 5. The standard InChI is InChI=1S/C25H21F4N5/c1-25(2,16-3-4-16)8-7-14-9-15(11-18(27)10-14)23-32-33-24-31-22(30-13-21(28)29)19-12-17(26)5-6-20(19)34(23)24/h5-6,9-12,16,21H,3-4,13H2,1-2H3,(H,30,31,33). The largest absolute Gasteiger partial charge is 0.364 e. The summed E-state index contributed by atoms with van der Waals surface area (Å²) >= 11 is 0. The molecule has 0 aliphatic heterocycles. The lowest BCUT2D eigenvalue weighted by Crippen LogP contribution is -2.12. The summed E-state index contributed by atoms with van der Waals surface area (Å²) in [5.41, 5.74) is 1.20. The Morgan fingerprint density at radius 2 is 1.88 bits per heavy atom. The minimum absolute atomic E-state index is 0.0642. The Morgan fingerprint density at radius 3 is 2.62 bits per heavy atom. The molecule has 2 aromatic heterocycles. The van der Waals surface area contributed by atoms with Crippen molar-refractivity contribution in [3.8, 4) is 23.2 Å². The summed E-state index contributed by atoms with van der Waals surface area (Å²) in [6.45, 7) is 3.51. The van der Waals surface area contributed by atoms with Crippen molar-refractivity contribution in [3.63, 3.8) is 0 Å². The smallest absolute Gasteiger partial charge is 0.257 e. The lowest BCUT2D eigenvalue weighted by Gasteiger charge is -2.15. The molecule has 174 valence electrons. The highest BCUT2D eigenvalue weighted by molar-refractivity contribution is 5.92. The molecule has 2 heterocycles. The summed E-state index contributed by atoms with van der Waals surface area (Å²) in [6, 6.07) is 8.31. The van der Waals surface area contributed by atoms with Gasteiger partial charge in [-0.15, -0.1) is 10.2 Å². The van der Waals surface area contributed by atoms with E-state index in [0.717, 1.165) is 12.8 Å². The number of alkyl halides is 2. The van der Waals surface area contributed by atoms with Gasteiger partial charge in [0.15, 0.2) is 5.82 Å². The van der Waals surface area contributed by atoms with Crippen LogP contribution in [-0.2, 0) is 0 Å². The van der Waals surface area contributed by atoms with Crippen LogP contribution in [0.3, 0.4) is 0 Å². The fourth-order valence-corrected chi connectivity index (χ4v) is 4.05. The Balaban J connectivity index is 1.64. The predicted molar refractivity (Wildman–Crippen MR) is 122 cm³/mol. The van der Waals surface area contributed by atoms with Crippen molar-refractivity contribution in [2.45, 2.75) is 33.1 Å². The Kier molecular flexibility index (Phi) is 5.39. The summed E-state index contributed by atoms with van der Waals surface area (Å²) in [5, 5.41) is 11.0. The van der Waals surface area contributed by atoms with Crippen molar-refractivity contribution < 1.29 is 17.6 Å². The first-order chi connectivity index (χ1) is 16.2. The second-order valence-electron chi connectivity index (χ2n) is 9.03. The molecule has 5 rings (SSSR count). The van der Waals surface area contributed by atoms with Crippen LogP contribution in [0.4, 0.5) is 23.4 Å². The summed E-state index contributed by atoms with van der Waals surface area (Å²) in [6.07, 6.45) is -0.320. The van der Waals surface area contributed by atoms with Gasteiger partial charge in [0, 0.05) is 21.9 Å². The van der Waals surface area contributed by atoms with E-state index in [9.17, 15) is 17.6 Å². The summed E-state index contributed by atoms with van der Waals surface area (Å²) in [4.78, 5) is 4.26. The van der Waals surface area contributed by atoms with Crippen molar-refractivity contribution in [1.82, 2.24) is 19.6 Å². The number of aromatic nitrogens is 4. The maximum Gasteiger partial charge on any atom is 0.257 e. The van der Waals surface area contributed by atoms with Crippen LogP contribution >= 0.6 is 0 Å². The van der Waals surface area contributed by atoms with Crippen LogP contribution in [0.25, 0.3) is 28.1 Å². The van der Waals surface area contributed by atoms with Crippen LogP contribution in [0.15, 0.2) is 36.4 Å². The minimum Gasteiger partial charge on any atom is -0.364 e. The van der Waals surface area contributed by atoms with E-state index >= 15 is 0 Å². The topological polar surface area (TPSA) is 55.1 Å². The number of hydrogen-bond acceptors (Lipinski definition) is 4. The molecule has 0 amide bonds. The van der Waals surface area contributed by atoms with Gasteiger partial charge in [0.1, 0.15) is 17.5 Å². The third-order valence-corrected chi connectivity index (χ3v) is 6.02. The maximum atomic E-state index is 14.5. The van der Waals surface area contributed by atoms with Crippen LogP contribution in [0.1, 0.15) is 32.3 Å². The van der Waals surface area contributed by atoms with Crippen molar-refractivity contribution in [2.75, 3.05) is 11.9 Å². The van der Waals surface area contributed by atoms with Gasteiger partial charge in [-0.2, -0.15) is 4.98 Å². The van der Waals surface area contributed by atoms with E-state index in [4.69, 9.17) is 0 Å². The quantitative estimate of drug-likeness (QED) is 0.303. The molecule has 0 unspecified atom stereocenters. The van der Waals surface area contributed by atoms with E-state index in [1.54, 1.807) is 10.5 Å². The Morgan fingerprint density at radius 1 is 1.09 bits per heavy atom. The number of fused-ring (bicyclic) bond motifs is 3. The van der Waals surface area contributed by atoms with Gasteiger partial charge in [0.2, 0.25) is 0 Å². The molecule has 1 N–H and O–H groups in total. The fourth-order valence-electron chi connectivity index (χ4n) is 4.05. The molecule has 0 radical (unpaired) electrons. The number of halogens is 4. The maximum absolute atomic E-state index is 14.5. The third kappa shape index (κ3) is 4.28. The van der Waals surface area contributed by atoms with Gasteiger partial charge in [0.05, 0.1) is 12.1 Å². The number of hydrogen-bond donors (Lipinski definition) is 1. The highest BCUT2D eigenvalue weighted by Gasteiger charge is 2.36. The van der Waals surface area contributed by atoms with E-state index in [-0.39, 0.29) is 28.2 Å². The first-order valence-electron chi connectivity index (χ1n) is 10.9. The summed E-state index contributed by atoms with van der Waals surface area (Å²) in [7, 11) is 0. The molecule has 9 heteroatoms. The molecule has 4 aromatic rings. The van der Waals surface area contributed by atoms with Gasteiger partial charge in [-0.3, -0.25) is 4.40 Å². The zero-order valence-corrected chi connectivity index (χ0v) is 18.5. The molecular weight excluding hydrogens is 446 g/mol. The van der Waals surface area contributed by atoms with Crippen molar-refractivity contribution >= 4 is 22.5 Å². The molecule has 5 nitrogen and oxygen atoms in total. The van der Waals surface area contributed by atoms with Gasteiger partial charge in [-0.05, 0) is 69.0 Å². The van der Waals surface area contributed by atoms with Gasteiger partial charge in [-0.1, -0.05) is 11.8 Å². The van der Waals surface area contributed by atoms with Crippen molar-refractivity contribution in [1.29, 1.82) is 0 Å². The second-order valence-corrected chi connectivity index (χ2v) is 9.03. The molecule has 34 heavy (non-hydrogen) atoms. The number of nitrogens with zero attached hydrogens (tertiary/aromatic N) is 4. The molecule has 0 spiro atoms. The number of nitrogens with one attached hydrogen (secondary N) is 1. The average Bonchev–Trinajstić information content (AvgIpc) is 3.56. The first kappa shape index (κ1) is 22.1. The molecule has 1 saturated carbocycles. The monoisotopic (exact) mass is 467 g/mol. The third-order valence-electron chi connectivity index (χ3n) is 6.02. The molecule has 0 bridgehead atoms. The minimum atomic E-state index is -2.62. The Bertz CT molecular complexity index is 1460. The van der Waals surface area contributed by atoms with Crippen molar-refractivity contribution in [2.24, 2.45) is 11.3 Å². The second kappa shape index (κ2) is 8.28. The Hall–Kier alpha value is -3.67. The molecule has 0 saturated heterocycles. The summed E-state index contributed by atoms with van der Waals surface area (Å²) < 4.78 is 55.6. The van der Waals surface area contributed by atoms with Crippen LogP contribution in [-0.4, -0.2) is 32.6 Å². The molecule has 0 atom stereocenters. The Labute approximate surface area is 193 Å². The van der Waals surface area contributed by atoms with E-state index in [1.165, 1.54) is 30.3 Å². The normalized spacial score (nSPS) is 14.0. The van der Waals surface area contributed by atoms with E-state index in [2.05, 4.69) is 46.2 Å². The van der Waals surface area contributed by atoms with E-state index < -0.39 is 24.6 Å². The van der Waals surface area contributed by atoms with E-state index in [0.29, 0.717) is 22.6 Å². The first-order valence-corrected chi connectivity index (χ1v) is 10.9. The highest BCUT2D eigenvalue weighted by atomic mass is 19.3. The molecule has 1 aliphatic rings. The van der Waals surface area contributed by atoms with Crippen LogP contribution in [0.2, 0.25) is 0 Å². The number of anilines is 1. The van der Waals surface area contributed by atoms with Gasteiger partial charge in [-0.25, -0.2) is 17.6 Å². The average molecular weight is 467 g/mol. The summed E-state index contributed by atoms with van der Waals surface area (Å²) in [5.74, 6) is 6.32. The SMILES string of the molecule is CC(C)(C#Cc1cc(F)cc(-c2nnc3nc(NCC(F)F)c4cc(F)ccc4n23)c1)C1CC1. The zero-order valence-electron chi connectivity index (χ0n) is 18.5. The van der Waals surface area contributed by atoms with Gasteiger partial charge >= 0.3 is 0 Å². The van der Waals surface area contributed by atoms with Crippen molar-refractivity contribution in [3.05, 3.63) is 53.6 Å². The molecular formula is C25H21F4N5. The highest BCUT2D eigenvalue weighted by Crippen LogP contribution is 2.44. The van der Waals surface area contributed by atoms with Crippen LogP contribution < -0.4 is 5.32 Å². The molecule has 1 aliphatic carbocycles. The lowest BCUT2D eigenvalue weighted by atomic mass is 9.88. The van der Waals surface area contributed by atoms with Gasteiger partial charge < -0.3 is 5.32 Å². The zero-order chi connectivity index (χ0) is 24.0. The van der Waals surface area contributed by atoms with Crippen LogP contribution in [0.5, 0.6) is 0 Å². The lowest BCUT2D eigenvalue weighted by molar-refractivity contribution is 0.163. The molecule has 2 aromatic carbocycles. The fraction of sp³-hybridized carbons (Fsp3) is 0.320. The van der Waals surface area contributed by atoms with Gasteiger partial charge in [0.25, 0.3) is 12.2 Å². The number of benzene rings is 2. The molecule has 1 fully saturated rings. The van der Waals surface area contributed by atoms with Crippen LogP contribution in [0, 0.1) is 34.8 Å². The van der Waals surface area contributed by atoms with E-state index in [1.807, 2.05) is 0 Å².